The summed E-state index contributed by atoms with van der Waals surface area (Å²) in [7, 11) is 0. The molecule has 3 heteroatoms. The van der Waals surface area contributed by atoms with Crippen LogP contribution in [0.25, 0.3) is 5.32 Å². The molecule has 1 saturated heterocycles. The molecule has 0 aromatic rings. The quantitative estimate of drug-likeness (QED) is 0.485. The third kappa shape index (κ3) is 3.52. The number of rotatable bonds is 1. The van der Waals surface area contributed by atoms with E-state index in [0.29, 0.717) is 0 Å². The predicted octanol–water partition coefficient (Wildman–Crippen LogP) is -0.988. The Morgan fingerprint density at radius 3 is 2.15 bits per heavy atom. The van der Waals surface area contributed by atoms with Gasteiger partial charge in [0.2, 0.25) is 0 Å². The van der Waals surface area contributed by atoms with Gasteiger partial charge in [0.05, 0.1) is 0 Å². The van der Waals surface area contributed by atoms with E-state index in [-0.39, 0.29) is 29.6 Å². The molecule has 0 N–H and O–H groups in total. The maximum absolute atomic E-state index is 4.38. The molecule has 0 aromatic carbocycles. The van der Waals surface area contributed by atoms with Crippen molar-refractivity contribution in [3.63, 3.8) is 0 Å². The summed E-state index contributed by atoms with van der Waals surface area (Å²) in [6.07, 6.45) is 7.27. The van der Waals surface area contributed by atoms with Crippen LogP contribution >= 0.6 is 0 Å². The summed E-state index contributed by atoms with van der Waals surface area (Å²) >= 11 is 0. The molecule has 0 aromatic heterocycles. The number of nitrogens with zero attached hydrogens (tertiary/aromatic N) is 2. The predicted molar refractivity (Wildman–Crippen MR) is 51.5 cm³/mol. The van der Waals surface area contributed by atoms with E-state index >= 15 is 0 Å². The number of hydrogen-bond donors (Lipinski definition) is 0. The Balaban J connectivity index is 0.000000845. The van der Waals surface area contributed by atoms with Crippen molar-refractivity contribution in [1.82, 2.24) is 4.90 Å². The molecule has 1 aliphatic carbocycles. The van der Waals surface area contributed by atoms with Crippen LogP contribution in [0.5, 0.6) is 0 Å². The van der Waals surface area contributed by atoms with E-state index in [1.165, 1.54) is 45.2 Å². The Kier molecular flexibility index (Phi) is 5.92. The molecule has 0 amide bonds. The SMILES string of the molecule is C1CCC(N2CC[N-]CC2)CC1.[Na+]. The van der Waals surface area contributed by atoms with Gasteiger partial charge in [0.1, 0.15) is 0 Å². The van der Waals surface area contributed by atoms with E-state index < -0.39 is 0 Å². The molecule has 13 heavy (non-hydrogen) atoms. The second-order valence-corrected chi connectivity index (χ2v) is 4.00. The van der Waals surface area contributed by atoms with Gasteiger partial charge >= 0.3 is 29.6 Å². The van der Waals surface area contributed by atoms with Crippen molar-refractivity contribution < 1.29 is 29.6 Å². The molecule has 2 rings (SSSR count). The van der Waals surface area contributed by atoms with E-state index in [9.17, 15) is 0 Å². The third-order valence-electron chi connectivity index (χ3n) is 3.18. The summed E-state index contributed by atoms with van der Waals surface area (Å²) in [6, 6.07) is 0.911. The average molecular weight is 190 g/mol. The van der Waals surface area contributed by atoms with Gasteiger partial charge in [-0.1, -0.05) is 19.3 Å². The molecule has 2 nitrogen and oxygen atoms in total. The van der Waals surface area contributed by atoms with Gasteiger partial charge in [-0.2, -0.15) is 0 Å². The van der Waals surface area contributed by atoms with E-state index in [2.05, 4.69) is 10.2 Å². The Bertz CT molecular complexity index is 113. The summed E-state index contributed by atoms with van der Waals surface area (Å²) in [5, 5.41) is 4.38. The van der Waals surface area contributed by atoms with Crippen LogP contribution < -0.4 is 29.6 Å². The van der Waals surface area contributed by atoms with Gasteiger partial charge in [-0.15, -0.1) is 13.1 Å². The maximum Gasteiger partial charge on any atom is 1.00 e. The van der Waals surface area contributed by atoms with E-state index in [0.717, 1.165) is 19.1 Å². The van der Waals surface area contributed by atoms with Gasteiger partial charge in [-0.05, 0) is 25.9 Å². The second kappa shape index (κ2) is 6.41. The first-order valence-corrected chi connectivity index (χ1v) is 5.34. The molecule has 0 unspecified atom stereocenters. The Labute approximate surface area is 104 Å². The Morgan fingerprint density at radius 2 is 1.54 bits per heavy atom. The van der Waals surface area contributed by atoms with Crippen LogP contribution in [0.3, 0.4) is 0 Å². The van der Waals surface area contributed by atoms with Crippen LogP contribution in [0.2, 0.25) is 0 Å². The Morgan fingerprint density at radius 1 is 0.923 bits per heavy atom. The minimum absolute atomic E-state index is 0. The zero-order chi connectivity index (χ0) is 8.23. The van der Waals surface area contributed by atoms with Gasteiger partial charge in [0.15, 0.2) is 0 Å². The number of hydrogen-bond acceptors (Lipinski definition) is 1. The van der Waals surface area contributed by atoms with Crippen LogP contribution in [-0.4, -0.2) is 37.1 Å². The van der Waals surface area contributed by atoms with Crippen molar-refractivity contribution in [2.75, 3.05) is 26.2 Å². The van der Waals surface area contributed by atoms with Gasteiger partial charge in [-0.25, -0.2) is 0 Å². The molecule has 2 aliphatic rings. The summed E-state index contributed by atoms with van der Waals surface area (Å²) in [4.78, 5) is 2.66. The molecular weight excluding hydrogens is 171 g/mol. The summed E-state index contributed by atoms with van der Waals surface area (Å²) in [5.74, 6) is 0. The van der Waals surface area contributed by atoms with Crippen molar-refractivity contribution in [1.29, 1.82) is 0 Å². The first-order valence-electron chi connectivity index (χ1n) is 5.34. The largest absolute Gasteiger partial charge is 1.00 e. The van der Waals surface area contributed by atoms with Crippen molar-refractivity contribution in [3.05, 3.63) is 5.32 Å². The fourth-order valence-corrected chi connectivity index (χ4v) is 2.43. The van der Waals surface area contributed by atoms with Crippen LogP contribution in [-0.2, 0) is 0 Å². The molecule has 0 spiro atoms. The molecule has 0 bridgehead atoms. The molecule has 1 saturated carbocycles. The molecule has 2 fully saturated rings. The molecule has 1 aliphatic heterocycles. The molecule has 70 valence electrons. The number of piperazine rings is 1. The van der Waals surface area contributed by atoms with Gasteiger partial charge in [-0.3, -0.25) is 0 Å². The monoisotopic (exact) mass is 190 g/mol. The van der Waals surface area contributed by atoms with Crippen LogP contribution in [0.1, 0.15) is 32.1 Å². The van der Waals surface area contributed by atoms with E-state index in [4.69, 9.17) is 0 Å². The van der Waals surface area contributed by atoms with Crippen LogP contribution in [0.15, 0.2) is 0 Å². The zero-order valence-electron chi connectivity index (χ0n) is 8.84. The average Bonchev–Trinajstić information content (AvgIpc) is 2.21. The normalized spacial score (nSPS) is 26.8. The first kappa shape index (κ1) is 12.0. The minimum atomic E-state index is 0. The smallest absolute Gasteiger partial charge is 0.660 e. The minimum Gasteiger partial charge on any atom is -0.660 e. The van der Waals surface area contributed by atoms with Crippen molar-refractivity contribution in [2.45, 2.75) is 38.1 Å². The molecular formula is C10H19N2Na. The maximum atomic E-state index is 4.38. The molecule has 0 atom stereocenters. The van der Waals surface area contributed by atoms with Gasteiger partial charge in [0.25, 0.3) is 0 Å². The van der Waals surface area contributed by atoms with Crippen molar-refractivity contribution in [2.24, 2.45) is 0 Å². The van der Waals surface area contributed by atoms with Gasteiger partial charge < -0.3 is 10.2 Å². The van der Waals surface area contributed by atoms with Crippen LogP contribution in [0, 0.1) is 0 Å². The standard InChI is InChI=1S/C10H19N2.Na/c1-2-4-10(5-3-1)12-8-6-11-7-9-12;/h10H,1-9H2;/q-1;+1. The molecule has 0 radical (unpaired) electrons. The fourth-order valence-electron chi connectivity index (χ4n) is 2.43. The summed E-state index contributed by atoms with van der Waals surface area (Å²) < 4.78 is 0. The zero-order valence-corrected chi connectivity index (χ0v) is 10.8. The van der Waals surface area contributed by atoms with Crippen molar-refractivity contribution in [3.8, 4) is 0 Å². The topological polar surface area (TPSA) is 17.3 Å². The summed E-state index contributed by atoms with van der Waals surface area (Å²) in [6.45, 7) is 4.61. The third-order valence-corrected chi connectivity index (χ3v) is 3.18. The van der Waals surface area contributed by atoms with E-state index in [1.54, 1.807) is 0 Å². The Hall–Kier alpha value is 0.920. The van der Waals surface area contributed by atoms with Crippen LogP contribution in [0.4, 0.5) is 0 Å². The van der Waals surface area contributed by atoms with E-state index in [1.807, 2.05) is 0 Å². The first-order chi connectivity index (χ1) is 5.97. The summed E-state index contributed by atoms with van der Waals surface area (Å²) in [5.41, 5.74) is 0. The van der Waals surface area contributed by atoms with Crippen molar-refractivity contribution >= 4 is 0 Å². The fraction of sp³-hybridized carbons (Fsp3) is 1.00. The second-order valence-electron chi connectivity index (χ2n) is 4.00. The van der Waals surface area contributed by atoms with Gasteiger partial charge in [0, 0.05) is 6.04 Å². The molecule has 1 heterocycles.